The predicted octanol–water partition coefficient (Wildman–Crippen LogP) is 4.98. The molecule has 1 aliphatic heterocycles. The first-order valence-corrected chi connectivity index (χ1v) is 8.30. The highest BCUT2D eigenvalue weighted by atomic mass is 35.5. The summed E-state index contributed by atoms with van der Waals surface area (Å²) >= 11 is 12.5. The maximum absolute atomic E-state index is 6.31. The van der Waals surface area contributed by atoms with Gasteiger partial charge >= 0.3 is 0 Å². The zero-order chi connectivity index (χ0) is 14.5. The van der Waals surface area contributed by atoms with Gasteiger partial charge in [-0.15, -0.1) is 0 Å². The molecule has 0 radical (unpaired) electrons. The smallest absolute Gasteiger partial charge is 0.0641 e. The molecular weight excluding hydrogens is 291 g/mol. The summed E-state index contributed by atoms with van der Waals surface area (Å²) in [4.78, 5) is 2.56. The molecule has 0 spiro atoms. The third kappa shape index (κ3) is 4.28. The maximum Gasteiger partial charge on any atom is 0.0641 e. The van der Waals surface area contributed by atoms with Crippen molar-refractivity contribution < 1.29 is 0 Å². The Labute approximate surface area is 132 Å². The highest BCUT2D eigenvalue weighted by Crippen LogP contribution is 2.30. The monoisotopic (exact) mass is 314 g/mol. The molecule has 0 bridgehead atoms. The first kappa shape index (κ1) is 15.9. The van der Waals surface area contributed by atoms with Crippen LogP contribution in [0.3, 0.4) is 0 Å². The van der Waals surface area contributed by atoms with Crippen LogP contribution in [0, 0.1) is 6.92 Å². The molecule has 1 aliphatic rings. The lowest BCUT2D eigenvalue weighted by Gasteiger charge is -2.21. The van der Waals surface area contributed by atoms with Gasteiger partial charge in [0.15, 0.2) is 0 Å². The Bertz CT molecular complexity index is 448. The Morgan fingerprint density at radius 2 is 2.00 bits per heavy atom. The molecule has 1 saturated heterocycles. The van der Waals surface area contributed by atoms with E-state index in [0.717, 1.165) is 21.3 Å². The third-order valence-electron chi connectivity index (χ3n) is 3.97. The standard InChI is InChI=1S/C16H24Cl2N2/c1-3-7-20-8-4-5-13(6-9-20)19-16-11-14(17)12(2)10-15(16)18/h10-11,13,19H,3-9H2,1-2H3. The lowest BCUT2D eigenvalue weighted by Crippen LogP contribution is -2.27. The highest BCUT2D eigenvalue weighted by Gasteiger charge is 2.17. The Kier molecular flexibility index (Phi) is 6.01. The van der Waals surface area contributed by atoms with E-state index in [1.807, 2.05) is 19.1 Å². The predicted molar refractivity (Wildman–Crippen MR) is 89.2 cm³/mol. The largest absolute Gasteiger partial charge is 0.381 e. The van der Waals surface area contributed by atoms with E-state index in [2.05, 4.69) is 17.1 Å². The lowest BCUT2D eigenvalue weighted by molar-refractivity contribution is 0.285. The van der Waals surface area contributed by atoms with Crippen molar-refractivity contribution in [2.24, 2.45) is 0 Å². The van der Waals surface area contributed by atoms with Crippen LogP contribution < -0.4 is 5.32 Å². The number of nitrogens with zero attached hydrogens (tertiary/aromatic N) is 1. The lowest BCUT2D eigenvalue weighted by atomic mass is 10.1. The summed E-state index contributed by atoms with van der Waals surface area (Å²) in [7, 11) is 0. The second-order valence-corrected chi connectivity index (χ2v) is 6.51. The van der Waals surface area contributed by atoms with Gasteiger partial charge in [0, 0.05) is 17.6 Å². The average Bonchev–Trinajstić information content (AvgIpc) is 2.62. The van der Waals surface area contributed by atoms with E-state index >= 15 is 0 Å². The van der Waals surface area contributed by atoms with Crippen molar-refractivity contribution >= 4 is 28.9 Å². The second-order valence-electron chi connectivity index (χ2n) is 5.70. The van der Waals surface area contributed by atoms with Gasteiger partial charge in [0.1, 0.15) is 0 Å². The summed E-state index contributed by atoms with van der Waals surface area (Å²) in [5.74, 6) is 0. The van der Waals surface area contributed by atoms with Crippen LogP contribution in [-0.2, 0) is 0 Å². The quantitative estimate of drug-likeness (QED) is 0.843. The van der Waals surface area contributed by atoms with Crippen molar-refractivity contribution in [1.29, 1.82) is 0 Å². The Balaban J connectivity index is 1.98. The number of halogens is 2. The van der Waals surface area contributed by atoms with E-state index in [-0.39, 0.29) is 0 Å². The number of anilines is 1. The Morgan fingerprint density at radius 1 is 1.20 bits per heavy atom. The molecule has 4 heteroatoms. The van der Waals surface area contributed by atoms with E-state index in [4.69, 9.17) is 23.2 Å². The van der Waals surface area contributed by atoms with Gasteiger partial charge in [-0.25, -0.2) is 0 Å². The van der Waals surface area contributed by atoms with Crippen molar-refractivity contribution in [3.05, 3.63) is 27.7 Å². The van der Waals surface area contributed by atoms with Crippen LogP contribution in [0.2, 0.25) is 10.0 Å². The number of likely N-dealkylation sites (tertiary alicyclic amines) is 1. The number of aryl methyl sites for hydroxylation is 1. The fourth-order valence-corrected chi connectivity index (χ4v) is 3.25. The molecule has 1 N–H and O–H groups in total. The van der Waals surface area contributed by atoms with Crippen LogP contribution >= 0.6 is 23.2 Å². The zero-order valence-electron chi connectivity index (χ0n) is 12.4. The van der Waals surface area contributed by atoms with Crippen LogP contribution in [0.5, 0.6) is 0 Å². The molecule has 1 unspecified atom stereocenters. The average molecular weight is 315 g/mol. The van der Waals surface area contributed by atoms with Gasteiger partial charge in [0.05, 0.1) is 10.7 Å². The Morgan fingerprint density at radius 3 is 2.75 bits per heavy atom. The van der Waals surface area contributed by atoms with E-state index in [9.17, 15) is 0 Å². The molecular formula is C16H24Cl2N2. The molecule has 0 aliphatic carbocycles. The SMILES string of the molecule is CCCN1CCCC(Nc2cc(Cl)c(C)cc2Cl)CC1. The van der Waals surface area contributed by atoms with Gasteiger partial charge in [-0.3, -0.25) is 0 Å². The van der Waals surface area contributed by atoms with E-state index in [1.165, 1.54) is 45.3 Å². The zero-order valence-corrected chi connectivity index (χ0v) is 13.9. The van der Waals surface area contributed by atoms with Crippen molar-refractivity contribution in [3.8, 4) is 0 Å². The van der Waals surface area contributed by atoms with E-state index < -0.39 is 0 Å². The molecule has 1 aromatic carbocycles. The van der Waals surface area contributed by atoms with E-state index in [0.29, 0.717) is 6.04 Å². The normalized spacial score (nSPS) is 20.7. The summed E-state index contributed by atoms with van der Waals surface area (Å²) < 4.78 is 0. The molecule has 0 saturated carbocycles. The molecule has 20 heavy (non-hydrogen) atoms. The van der Waals surface area contributed by atoms with Crippen molar-refractivity contribution in [2.45, 2.75) is 45.6 Å². The van der Waals surface area contributed by atoms with Gasteiger partial charge < -0.3 is 10.2 Å². The molecule has 1 atom stereocenters. The molecule has 1 aromatic rings. The molecule has 112 valence electrons. The summed E-state index contributed by atoms with van der Waals surface area (Å²) in [5.41, 5.74) is 1.99. The van der Waals surface area contributed by atoms with Gasteiger partial charge in [-0.1, -0.05) is 30.1 Å². The van der Waals surface area contributed by atoms with Crippen molar-refractivity contribution in [3.63, 3.8) is 0 Å². The molecule has 1 heterocycles. The molecule has 0 aromatic heterocycles. The van der Waals surface area contributed by atoms with Gasteiger partial charge in [0.2, 0.25) is 0 Å². The first-order chi connectivity index (χ1) is 9.60. The number of hydrogen-bond donors (Lipinski definition) is 1. The summed E-state index contributed by atoms with van der Waals surface area (Å²) in [6.07, 6.45) is 4.84. The minimum absolute atomic E-state index is 0.494. The maximum atomic E-state index is 6.31. The highest BCUT2D eigenvalue weighted by molar-refractivity contribution is 6.35. The van der Waals surface area contributed by atoms with Crippen molar-refractivity contribution in [2.75, 3.05) is 25.0 Å². The van der Waals surface area contributed by atoms with Crippen LogP contribution in [0.15, 0.2) is 12.1 Å². The fraction of sp³-hybridized carbons (Fsp3) is 0.625. The van der Waals surface area contributed by atoms with Gasteiger partial charge in [0.25, 0.3) is 0 Å². The third-order valence-corrected chi connectivity index (χ3v) is 4.69. The minimum atomic E-state index is 0.494. The molecule has 2 nitrogen and oxygen atoms in total. The second kappa shape index (κ2) is 7.53. The van der Waals surface area contributed by atoms with Crippen LogP contribution in [0.25, 0.3) is 0 Å². The van der Waals surface area contributed by atoms with Crippen LogP contribution in [0.4, 0.5) is 5.69 Å². The summed E-state index contributed by atoms with van der Waals surface area (Å²) in [6.45, 7) is 7.82. The topological polar surface area (TPSA) is 15.3 Å². The van der Waals surface area contributed by atoms with Gasteiger partial charge in [-0.2, -0.15) is 0 Å². The Hall–Kier alpha value is -0.440. The summed E-state index contributed by atoms with van der Waals surface area (Å²) in [6, 6.07) is 4.38. The summed E-state index contributed by atoms with van der Waals surface area (Å²) in [5, 5.41) is 5.12. The molecule has 0 amide bonds. The van der Waals surface area contributed by atoms with E-state index in [1.54, 1.807) is 0 Å². The minimum Gasteiger partial charge on any atom is -0.381 e. The van der Waals surface area contributed by atoms with Crippen LogP contribution in [-0.4, -0.2) is 30.6 Å². The number of nitrogens with one attached hydrogen (secondary N) is 1. The van der Waals surface area contributed by atoms with Crippen molar-refractivity contribution in [1.82, 2.24) is 4.90 Å². The molecule has 1 fully saturated rings. The van der Waals surface area contributed by atoms with Gasteiger partial charge in [-0.05, 0) is 63.4 Å². The molecule has 2 rings (SSSR count). The number of rotatable bonds is 4. The fourth-order valence-electron chi connectivity index (χ4n) is 2.82. The number of hydrogen-bond acceptors (Lipinski definition) is 2. The van der Waals surface area contributed by atoms with Crippen LogP contribution in [0.1, 0.15) is 38.2 Å². The number of benzene rings is 1. The first-order valence-electron chi connectivity index (χ1n) is 7.54.